The predicted octanol–water partition coefficient (Wildman–Crippen LogP) is 4.04. The van der Waals surface area contributed by atoms with E-state index in [2.05, 4.69) is 11.8 Å². The van der Waals surface area contributed by atoms with Gasteiger partial charge in [-0.2, -0.15) is 13.2 Å². The molecule has 0 aliphatic carbocycles. The van der Waals surface area contributed by atoms with E-state index in [-0.39, 0.29) is 5.54 Å². The Morgan fingerprint density at radius 2 is 1.72 bits per heavy atom. The number of likely N-dealkylation sites (tertiary alicyclic amines) is 1. The zero-order valence-electron chi connectivity index (χ0n) is 10.7. The number of rotatable bonds is 1. The summed E-state index contributed by atoms with van der Waals surface area (Å²) in [6, 6.07) is 5.60. The van der Waals surface area contributed by atoms with Crippen molar-refractivity contribution in [2.45, 2.75) is 37.9 Å². The highest BCUT2D eigenvalue weighted by Gasteiger charge is 2.35. The first-order valence-electron chi connectivity index (χ1n) is 6.23. The maximum absolute atomic E-state index is 12.5. The number of benzene rings is 1. The number of hydrogen-bond donors (Lipinski definition) is 0. The van der Waals surface area contributed by atoms with Gasteiger partial charge < -0.3 is 0 Å². The van der Waals surface area contributed by atoms with Gasteiger partial charge in [0.05, 0.1) is 5.56 Å². The summed E-state index contributed by atoms with van der Waals surface area (Å²) in [7, 11) is 2.04. The lowest BCUT2D eigenvalue weighted by Crippen LogP contribution is -2.44. The third-order valence-electron chi connectivity index (χ3n) is 4.08. The molecule has 0 bridgehead atoms. The Labute approximate surface area is 106 Å². The van der Waals surface area contributed by atoms with Gasteiger partial charge in [0.2, 0.25) is 0 Å². The average Bonchev–Trinajstić information content (AvgIpc) is 2.32. The van der Waals surface area contributed by atoms with Crippen molar-refractivity contribution in [3.63, 3.8) is 0 Å². The van der Waals surface area contributed by atoms with E-state index in [1.54, 1.807) is 12.1 Å². The zero-order valence-corrected chi connectivity index (χ0v) is 10.7. The molecular formula is C14H18F3N. The molecule has 1 aromatic carbocycles. The summed E-state index contributed by atoms with van der Waals surface area (Å²) >= 11 is 0. The van der Waals surface area contributed by atoms with Crippen molar-refractivity contribution >= 4 is 0 Å². The molecule has 1 fully saturated rings. The van der Waals surface area contributed by atoms with Gasteiger partial charge in [-0.05, 0) is 51.1 Å². The van der Waals surface area contributed by atoms with Crippen LogP contribution in [-0.4, -0.2) is 18.5 Å². The topological polar surface area (TPSA) is 3.24 Å². The Bertz CT molecular complexity index is 410. The van der Waals surface area contributed by atoms with Gasteiger partial charge in [0, 0.05) is 5.54 Å². The van der Waals surface area contributed by atoms with E-state index in [1.807, 2.05) is 7.05 Å². The van der Waals surface area contributed by atoms with E-state index >= 15 is 0 Å². The molecule has 1 unspecified atom stereocenters. The number of nitrogens with zero attached hydrogens (tertiary/aromatic N) is 1. The van der Waals surface area contributed by atoms with Crippen LogP contribution >= 0.6 is 0 Å². The quantitative estimate of drug-likeness (QED) is 0.734. The second kappa shape index (κ2) is 4.57. The highest BCUT2D eigenvalue weighted by molar-refractivity contribution is 5.30. The van der Waals surface area contributed by atoms with Crippen LogP contribution in [0.5, 0.6) is 0 Å². The fourth-order valence-corrected chi connectivity index (χ4v) is 2.64. The van der Waals surface area contributed by atoms with Crippen molar-refractivity contribution in [3.8, 4) is 0 Å². The lowest BCUT2D eigenvalue weighted by Gasteiger charge is -2.43. The van der Waals surface area contributed by atoms with E-state index in [0.29, 0.717) is 0 Å². The molecular weight excluding hydrogens is 239 g/mol. The van der Waals surface area contributed by atoms with Gasteiger partial charge in [-0.3, -0.25) is 4.90 Å². The van der Waals surface area contributed by atoms with E-state index in [4.69, 9.17) is 0 Å². The first-order chi connectivity index (χ1) is 8.34. The first kappa shape index (κ1) is 13.4. The third-order valence-corrected chi connectivity index (χ3v) is 4.08. The van der Waals surface area contributed by atoms with Gasteiger partial charge in [0.15, 0.2) is 0 Å². The van der Waals surface area contributed by atoms with Gasteiger partial charge in [0.25, 0.3) is 0 Å². The Morgan fingerprint density at radius 3 is 2.22 bits per heavy atom. The molecule has 0 aromatic heterocycles. The van der Waals surface area contributed by atoms with Crippen LogP contribution in [0, 0.1) is 0 Å². The van der Waals surface area contributed by atoms with Gasteiger partial charge in [-0.1, -0.05) is 18.6 Å². The molecule has 0 radical (unpaired) electrons. The van der Waals surface area contributed by atoms with Gasteiger partial charge in [0.1, 0.15) is 0 Å². The van der Waals surface area contributed by atoms with Crippen LogP contribution in [0.25, 0.3) is 0 Å². The van der Waals surface area contributed by atoms with Crippen LogP contribution in [-0.2, 0) is 11.7 Å². The number of piperidine rings is 1. The summed E-state index contributed by atoms with van der Waals surface area (Å²) in [4.78, 5) is 2.24. The molecule has 1 atom stereocenters. The van der Waals surface area contributed by atoms with Crippen LogP contribution in [0.3, 0.4) is 0 Å². The fourth-order valence-electron chi connectivity index (χ4n) is 2.64. The minimum Gasteiger partial charge on any atom is -0.297 e. The summed E-state index contributed by atoms with van der Waals surface area (Å²) < 4.78 is 37.6. The molecule has 0 N–H and O–H groups in total. The summed E-state index contributed by atoms with van der Waals surface area (Å²) in [5, 5.41) is 0. The van der Waals surface area contributed by atoms with Crippen LogP contribution in [0.15, 0.2) is 24.3 Å². The highest BCUT2D eigenvalue weighted by Crippen LogP contribution is 2.37. The van der Waals surface area contributed by atoms with E-state index < -0.39 is 11.7 Å². The zero-order chi connectivity index (χ0) is 13.4. The summed E-state index contributed by atoms with van der Waals surface area (Å²) in [6.45, 7) is 3.10. The minimum absolute atomic E-state index is 0.137. The Balaban J connectivity index is 2.28. The SMILES string of the molecule is CN1CCCCC1(C)c1ccc(C(F)(F)F)cc1. The smallest absolute Gasteiger partial charge is 0.297 e. The number of hydrogen-bond acceptors (Lipinski definition) is 1. The highest BCUT2D eigenvalue weighted by atomic mass is 19.4. The first-order valence-corrected chi connectivity index (χ1v) is 6.23. The molecule has 1 aliphatic heterocycles. The van der Waals surface area contributed by atoms with Crippen molar-refractivity contribution in [2.24, 2.45) is 0 Å². The second-order valence-electron chi connectivity index (χ2n) is 5.23. The van der Waals surface area contributed by atoms with Crippen LogP contribution in [0.2, 0.25) is 0 Å². The molecule has 0 amide bonds. The Kier molecular flexibility index (Phi) is 3.41. The third kappa shape index (κ3) is 2.39. The molecule has 18 heavy (non-hydrogen) atoms. The maximum atomic E-state index is 12.5. The minimum atomic E-state index is -4.25. The molecule has 4 heteroatoms. The monoisotopic (exact) mass is 257 g/mol. The Morgan fingerprint density at radius 1 is 1.11 bits per heavy atom. The lowest BCUT2D eigenvalue weighted by atomic mass is 9.82. The molecule has 1 aliphatic rings. The number of halogens is 3. The van der Waals surface area contributed by atoms with Crippen molar-refractivity contribution in [3.05, 3.63) is 35.4 Å². The van der Waals surface area contributed by atoms with E-state index in [0.717, 1.165) is 31.4 Å². The normalized spacial score (nSPS) is 26.3. The van der Waals surface area contributed by atoms with Crippen molar-refractivity contribution in [1.29, 1.82) is 0 Å². The largest absolute Gasteiger partial charge is 0.416 e. The molecule has 0 spiro atoms. The summed E-state index contributed by atoms with van der Waals surface area (Å²) in [5.74, 6) is 0. The molecule has 1 heterocycles. The summed E-state index contributed by atoms with van der Waals surface area (Å²) in [5.41, 5.74) is 0.258. The maximum Gasteiger partial charge on any atom is 0.416 e. The molecule has 1 saturated heterocycles. The lowest BCUT2D eigenvalue weighted by molar-refractivity contribution is -0.137. The van der Waals surface area contributed by atoms with Crippen molar-refractivity contribution in [1.82, 2.24) is 4.90 Å². The van der Waals surface area contributed by atoms with Gasteiger partial charge >= 0.3 is 6.18 Å². The Hall–Kier alpha value is -1.03. The molecule has 1 nitrogen and oxygen atoms in total. The van der Waals surface area contributed by atoms with Gasteiger partial charge in [-0.25, -0.2) is 0 Å². The van der Waals surface area contributed by atoms with E-state index in [9.17, 15) is 13.2 Å². The fraction of sp³-hybridized carbons (Fsp3) is 0.571. The summed E-state index contributed by atoms with van der Waals surface area (Å²) in [6.07, 6.45) is -0.971. The van der Waals surface area contributed by atoms with Crippen molar-refractivity contribution < 1.29 is 13.2 Å². The van der Waals surface area contributed by atoms with Crippen LogP contribution in [0.1, 0.15) is 37.3 Å². The molecule has 1 aromatic rings. The average molecular weight is 257 g/mol. The van der Waals surface area contributed by atoms with Crippen LogP contribution < -0.4 is 0 Å². The second-order valence-corrected chi connectivity index (χ2v) is 5.23. The molecule has 2 rings (SSSR count). The molecule has 100 valence electrons. The van der Waals surface area contributed by atoms with Gasteiger partial charge in [-0.15, -0.1) is 0 Å². The standard InChI is InChI=1S/C14H18F3N/c1-13(9-3-4-10-18(13)2)11-5-7-12(8-6-11)14(15,16)17/h5-8H,3-4,9-10H2,1-2H3. The van der Waals surface area contributed by atoms with E-state index in [1.165, 1.54) is 12.1 Å². The predicted molar refractivity (Wildman–Crippen MR) is 65.3 cm³/mol. The number of alkyl halides is 3. The molecule has 0 saturated carbocycles. The van der Waals surface area contributed by atoms with Crippen LogP contribution in [0.4, 0.5) is 13.2 Å². The van der Waals surface area contributed by atoms with Crippen molar-refractivity contribution in [2.75, 3.05) is 13.6 Å².